The number of nitrogens with zero attached hydrogens (tertiary/aromatic N) is 2. The molecule has 0 saturated heterocycles. The number of primary amides is 1. The van der Waals surface area contributed by atoms with Gasteiger partial charge < -0.3 is 10.7 Å². The first-order valence-corrected chi connectivity index (χ1v) is 4.98. The Bertz CT molecular complexity index is 750. The van der Waals surface area contributed by atoms with E-state index in [0.717, 1.165) is 16.3 Å². The number of carbonyl (C=O) groups excluding carboxylic acids is 1. The number of fused-ring (bicyclic) bond motifs is 3. The largest absolute Gasteiger partial charge is 0.364 e. The summed E-state index contributed by atoms with van der Waals surface area (Å²) in [6.45, 7) is 0. The van der Waals surface area contributed by atoms with Crippen molar-refractivity contribution >= 4 is 41.2 Å². The van der Waals surface area contributed by atoms with Gasteiger partial charge in [0.2, 0.25) is 0 Å². The van der Waals surface area contributed by atoms with Crippen molar-refractivity contribution in [2.45, 2.75) is 0 Å². The maximum atomic E-state index is 11.1. The second-order valence-corrected chi connectivity index (χ2v) is 3.77. The van der Waals surface area contributed by atoms with Gasteiger partial charge >= 0.3 is 0 Å². The van der Waals surface area contributed by atoms with Crippen molar-refractivity contribution in [1.29, 1.82) is 0 Å². The molecule has 5 nitrogen and oxygen atoms in total. The molecule has 0 aliphatic heterocycles. The average Bonchev–Trinajstić information content (AvgIpc) is 2.66. The Labute approximate surface area is 97.5 Å². The van der Waals surface area contributed by atoms with E-state index < -0.39 is 5.91 Å². The number of hydrogen-bond acceptors (Lipinski definition) is 3. The minimum absolute atomic E-state index is 0.223. The quantitative estimate of drug-likeness (QED) is 0.568. The van der Waals surface area contributed by atoms with Crippen LogP contribution in [-0.2, 0) is 0 Å². The monoisotopic (exact) mass is 222 g/mol. The lowest BCUT2D eigenvalue weighted by Crippen LogP contribution is -2.12. The van der Waals surface area contributed by atoms with Crippen LogP contribution in [0.3, 0.4) is 0 Å². The first-order valence-electron chi connectivity index (χ1n) is 4.98. The smallest absolute Gasteiger partial charge is 0.267 e. The van der Waals surface area contributed by atoms with Gasteiger partial charge in [0.15, 0.2) is 0 Å². The van der Waals surface area contributed by atoms with Crippen molar-refractivity contribution in [2.24, 2.45) is 5.73 Å². The number of rotatable bonds is 1. The SMILES string of the molecule is [B]c1cnc2[nH]c3cnc(C(N)=O)cc3c2c1. The molecule has 0 aromatic carbocycles. The Balaban J connectivity index is 2.43. The zero-order valence-corrected chi connectivity index (χ0v) is 8.77. The summed E-state index contributed by atoms with van der Waals surface area (Å²) in [6, 6.07) is 3.43. The molecule has 17 heavy (non-hydrogen) atoms. The van der Waals surface area contributed by atoms with E-state index in [1.165, 1.54) is 0 Å². The van der Waals surface area contributed by atoms with Crippen LogP contribution in [0.25, 0.3) is 21.9 Å². The minimum atomic E-state index is -0.557. The molecule has 3 N–H and O–H groups in total. The third kappa shape index (κ3) is 1.45. The number of amides is 1. The molecular weight excluding hydrogens is 215 g/mol. The van der Waals surface area contributed by atoms with E-state index in [1.807, 2.05) is 0 Å². The lowest BCUT2D eigenvalue weighted by molar-refractivity contribution is 0.0996. The number of aromatic nitrogens is 3. The van der Waals surface area contributed by atoms with E-state index in [9.17, 15) is 4.79 Å². The van der Waals surface area contributed by atoms with Gasteiger partial charge in [-0.1, -0.05) is 11.5 Å². The molecule has 3 aromatic rings. The Morgan fingerprint density at radius 1 is 1.24 bits per heavy atom. The minimum Gasteiger partial charge on any atom is -0.364 e. The lowest BCUT2D eigenvalue weighted by atomic mass is 9.97. The Morgan fingerprint density at radius 3 is 2.82 bits per heavy atom. The zero-order chi connectivity index (χ0) is 12.0. The van der Waals surface area contributed by atoms with Gasteiger partial charge in [-0.25, -0.2) is 9.97 Å². The van der Waals surface area contributed by atoms with E-state index in [1.54, 1.807) is 24.5 Å². The van der Waals surface area contributed by atoms with E-state index in [2.05, 4.69) is 15.0 Å². The first-order chi connectivity index (χ1) is 8.15. The maximum Gasteiger partial charge on any atom is 0.267 e. The number of nitrogens with two attached hydrogens (primary N) is 1. The summed E-state index contributed by atoms with van der Waals surface area (Å²) in [5.41, 5.74) is 7.48. The van der Waals surface area contributed by atoms with E-state index in [0.29, 0.717) is 11.1 Å². The van der Waals surface area contributed by atoms with Crippen LogP contribution in [0, 0.1) is 0 Å². The molecular formula is C11H7BN4O. The fraction of sp³-hybridized carbons (Fsp3) is 0. The number of pyridine rings is 2. The van der Waals surface area contributed by atoms with Crippen molar-refractivity contribution in [3.05, 3.63) is 30.2 Å². The summed E-state index contributed by atoms with van der Waals surface area (Å²) in [7, 11) is 5.69. The molecule has 80 valence electrons. The highest BCUT2D eigenvalue weighted by Crippen LogP contribution is 2.22. The molecule has 0 saturated carbocycles. The third-order valence-electron chi connectivity index (χ3n) is 2.61. The van der Waals surface area contributed by atoms with Gasteiger partial charge in [-0.05, 0) is 6.07 Å². The summed E-state index contributed by atoms with van der Waals surface area (Å²) in [5, 5.41) is 1.69. The number of hydrogen-bond donors (Lipinski definition) is 2. The second kappa shape index (κ2) is 3.31. The predicted octanol–water partition coefficient (Wildman–Crippen LogP) is 0.00380. The molecule has 2 radical (unpaired) electrons. The molecule has 0 aliphatic carbocycles. The van der Waals surface area contributed by atoms with Gasteiger partial charge in [0, 0.05) is 17.0 Å². The Kier molecular flexibility index (Phi) is 1.92. The van der Waals surface area contributed by atoms with E-state index >= 15 is 0 Å². The molecule has 0 spiro atoms. The van der Waals surface area contributed by atoms with Crippen molar-refractivity contribution < 1.29 is 4.79 Å². The Hall–Kier alpha value is -2.37. The summed E-state index contributed by atoms with van der Waals surface area (Å²) < 4.78 is 0. The number of H-pyrrole nitrogens is 1. The summed E-state index contributed by atoms with van der Waals surface area (Å²) in [6.07, 6.45) is 3.13. The lowest BCUT2D eigenvalue weighted by Gasteiger charge is -1.95. The van der Waals surface area contributed by atoms with Crippen LogP contribution in [0.2, 0.25) is 0 Å². The van der Waals surface area contributed by atoms with Crippen LogP contribution in [0.5, 0.6) is 0 Å². The molecule has 3 heterocycles. The van der Waals surface area contributed by atoms with Gasteiger partial charge in [-0.3, -0.25) is 4.79 Å². The summed E-state index contributed by atoms with van der Waals surface area (Å²) >= 11 is 0. The standard InChI is InChI=1S/C11H7BN4O/c12-5-1-7-6-2-8(10(13)17)14-4-9(6)16-11(7)15-3-5/h1-4H,(H2,13,17)(H,15,16). The molecule has 0 aliphatic rings. The number of carbonyl (C=O) groups is 1. The van der Waals surface area contributed by atoms with Gasteiger partial charge in [0.25, 0.3) is 5.91 Å². The highest BCUT2D eigenvalue weighted by molar-refractivity contribution is 6.33. The van der Waals surface area contributed by atoms with E-state index in [-0.39, 0.29) is 5.69 Å². The molecule has 3 aromatic heterocycles. The maximum absolute atomic E-state index is 11.1. The summed E-state index contributed by atoms with van der Waals surface area (Å²) in [5.74, 6) is -0.557. The normalized spacial score (nSPS) is 11.1. The molecule has 0 fully saturated rings. The molecule has 1 amide bonds. The van der Waals surface area contributed by atoms with Crippen molar-refractivity contribution in [3.8, 4) is 0 Å². The van der Waals surface area contributed by atoms with Crippen LogP contribution < -0.4 is 11.2 Å². The van der Waals surface area contributed by atoms with Crippen molar-refractivity contribution in [1.82, 2.24) is 15.0 Å². The van der Waals surface area contributed by atoms with Gasteiger partial charge in [0.05, 0.1) is 11.7 Å². The first kappa shape index (κ1) is 9.83. The van der Waals surface area contributed by atoms with Crippen LogP contribution in [0.4, 0.5) is 0 Å². The molecule has 0 atom stereocenters. The van der Waals surface area contributed by atoms with Gasteiger partial charge in [-0.2, -0.15) is 0 Å². The Morgan fingerprint density at radius 2 is 2.06 bits per heavy atom. The second-order valence-electron chi connectivity index (χ2n) is 3.77. The van der Waals surface area contributed by atoms with Crippen molar-refractivity contribution in [2.75, 3.05) is 0 Å². The van der Waals surface area contributed by atoms with Crippen LogP contribution in [-0.4, -0.2) is 28.7 Å². The third-order valence-corrected chi connectivity index (χ3v) is 2.61. The highest BCUT2D eigenvalue weighted by Gasteiger charge is 2.09. The van der Waals surface area contributed by atoms with Crippen LogP contribution in [0.1, 0.15) is 10.5 Å². The van der Waals surface area contributed by atoms with Gasteiger partial charge in [0.1, 0.15) is 19.2 Å². The van der Waals surface area contributed by atoms with Gasteiger partial charge in [-0.15, -0.1) is 0 Å². The molecule has 6 heteroatoms. The molecule has 0 unspecified atom stereocenters. The fourth-order valence-corrected chi connectivity index (χ4v) is 1.83. The highest BCUT2D eigenvalue weighted by atomic mass is 16.1. The predicted molar refractivity (Wildman–Crippen MR) is 65.3 cm³/mol. The zero-order valence-electron chi connectivity index (χ0n) is 8.77. The van der Waals surface area contributed by atoms with E-state index in [4.69, 9.17) is 13.6 Å². The summed E-state index contributed by atoms with van der Waals surface area (Å²) in [4.78, 5) is 22.3. The topological polar surface area (TPSA) is 84.7 Å². The fourth-order valence-electron chi connectivity index (χ4n) is 1.83. The molecule has 3 rings (SSSR count). The van der Waals surface area contributed by atoms with Crippen LogP contribution in [0.15, 0.2) is 24.5 Å². The van der Waals surface area contributed by atoms with Crippen LogP contribution >= 0.6 is 0 Å². The average molecular weight is 222 g/mol. The van der Waals surface area contributed by atoms with Crippen molar-refractivity contribution in [3.63, 3.8) is 0 Å². The number of aromatic amines is 1. The molecule has 0 bridgehead atoms. The number of nitrogens with one attached hydrogen (secondary N) is 1.